The summed E-state index contributed by atoms with van der Waals surface area (Å²) in [5.74, 6) is 5.11. The fourth-order valence-corrected chi connectivity index (χ4v) is 7.51. The second kappa shape index (κ2) is 11.0. The van der Waals surface area contributed by atoms with Crippen LogP contribution in [0.2, 0.25) is 0 Å². The van der Waals surface area contributed by atoms with Gasteiger partial charge in [0, 0.05) is 12.0 Å². The molecule has 4 saturated carbocycles. The molecular weight excluding hydrogens is 569 g/mol. The fourth-order valence-electron chi connectivity index (χ4n) is 7.51. The van der Waals surface area contributed by atoms with Gasteiger partial charge in [0.15, 0.2) is 5.60 Å². The Hall–Kier alpha value is -4.25. The zero-order valence-corrected chi connectivity index (χ0v) is 24.6. The summed E-state index contributed by atoms with van der Waals surface area (Å²) in [6, 6.07) is 21.0. The molecule has 4 aliphatic rings. The van der Waals surface area contributed by atoms with Gasteiger partial charge in [0.25, 0.3) is 0 Å². The van der Waals surface area contributed by atoms with Crippen LogP contribution in [-0.4, -0.2) is 23.1 Å². The molecule has 2 unspecified atom stereocenters. The van der Waals surface area contributed by atoms with Crippen LogP contribution in [0.25, 0.3) is 0 Å². The lowest BCUT2D eigenvalue weighted by Gasteiger charge is -2.59. The van der Waals surface area contributed by atoms with Crippen molar-refractivity contribution >= 4 is 11.9 Å². The Morgan fingerprint density at radius 1 is 0.864 bits per heavy atom. The standard InChI is InChI=1S/C36H33F3O5/c1-33(2,16-15-24-9-5-3-6-10-24)43-30-18-27(13-14-29(30)36(37,38)39)31(40)44-35-21-25-17-26(22-35)20-34(19-25,23-35)32(41)42-28-11-7-4-8-12-28/h3-14,18,25-26H,17,19-23H2,1-2H3. The number of halogens is 3. The molecule has 0 saturated heterocycles. The van der Waals surface area contributed by atoms with Crippen molar-refractivity contribution in [3.8, 4) is 23.3 Å². The van der Waals surface area contributed by atoms with Crippen LogP contribution < -0.4 is 9.47 Å². The van der Waals surface area contributed by atoms with Gasteiger partial charge in [-0.1, -0.05) is 48.2 Å². The smallest absolute Gasteiger partial charge is 0.419 e. The fraction of sp³-hybridized carbons (Fsp3) is 0.389. The summed E-state index contributed by atoms with van der Waals surface area (Å²) in [5, 5.41) is 0. The summed E-state index contributed by atoms with van der Waals surface area (Å²) in [6.07, 6.45) is -0.860. The molecule has 3 aromatic carbocycles. The summed E-state index contributed by atoms with van der Waals surface area (Å²) >= 11 is 0. The highest BCUT2D eigenvalue weighted by atomic mass is 19.4. The highest BCUT2D eigenvalue weighted by molar-refractivity contribution is 5.90. The van der Waals surface area contributed by atoms with Gasteiger partial charge in [0.05, 0.1) is 16.5 Å². The number of benzene rings is 3. The average Bonchev–Trinajstić information content (AvgIpc) is 2.95. The molecule has 0 radical (unpaired) electrons. The van der Waals surface area contributed by atoms with Gasteiger partial charge in [-0.15, -0.1) is 0 Å². The Bertz CT molecular complexity index is 1600. The van der Waals surface area contributed by atoms with Crippen LogP contribution in [0, 0.1) is 29.1 Å². The molecule has 7 rings (SSSR count). The highest BCUT2D eigenvalue weighted by Crippen LogP contribution is 2.63. The first kappa shape index (κ1) is 29.8. The molecule has 3 aromatic rings. The van der Waals surface area contributed by atoms with Gasteiger partial charge in [0.1, 0.15) is 17.1 Å². The van der Waals surface area contributed by atoms with Crippen LogP contribution in [0.4, 0.5) is 13.2 Å². The summed E-state index contributed by atoms with van der Waals surface area (Å²) in [4.78, 5) is 27.1. The van der Waals surface area contributed by atoms with E-state index in [4.69, 9.17) is 14.2 Å². The van der Waals surface area contributed by atoms with Gasteiger partial charge in [-0.25, -0.2) is 4.79 Å². The van der Waals surface area contributed by atoms with Crippen LogP contribution >= 0.6 is 0 Å². The molecule has 0 N–H and O–H groups in total. The van der Waals surface area contributed by atoms with E-state index in [0.717, 1.165) is 24.6 Å². The molecule has 228 valence electrons. The number of carbonyl (C=O) groups excluding carboxylic acids is 2. The second-order valence-electron chi connectivity index (χ2n) is 13.0. The van der Waals surface area contributed by atoms with Crippen molar-refractivity contribution in [3.63, 3.8) is 0 Å². The van der Waals surface area contributed by atoms with Gasteiger partial charge >= 0.3 is 18.1 Å². The third kappa shape index (κ3) is 6.19. The third-order valence-electron chi connectivity index (χ3n) is 8.87. The number of esters is 2. The van der Waals surface area contributed by atoms with Gasteiger partial charge in [-0.3, -0.25) is 4.79 Å². The predicted molar refractivity (Wildman–Crippen MR) is 157 cm³/mol. The van der Waals surface area contributed by atoms with Crippen molar-refractivity contribution in [2.45, 2.75) is 69.8 Å². The van der Waals surface area contributed by atoms with Crippen LogP contribution in [0.1, 0.15) is 73.9 Å². The quantitative estimate of drug-likeness (QED) is 0.163. The first-order chi connectivity index (χ1) is 20.8. The van der Waals surface area contributed by atoms with Crippen molar-refractivity contribution in [2.24, 2.45) is 17.3 Å². The molecule has 8 heteroatoms. The van der Waals surface area contributed by atoms with E-state index in [1.54, 1.807) is 50.2 Å². The van der Waals surface area contributed by atoms with Gasteiger partial charge in [-0.05, 0) is 100 Å². The Morgan fingerprint density at radius 2 is 1.50 bits per heavy atom. The monoisotopic (exact) mass is 602 g/mol. The maximum absolute atomic E-state index is 14.0. The molecule has 4 bridgehead atoms. The lowest BCUT2D eigenvalue weighted by atomic mass is 9.48. The zero-order valence-electron chi connectivity index (χ0n) is 24.6. The number of rotatable bonds is 6. The maximum Gasteiger partial charge on any atom is 0.419 e. The molecule has 0 spiro atoms. The molecule has 4 fully saturated rings. The summed E-state index contributed by atoms with van der Waals surface area (Å²) in [6.45, 7) is 3.13. The summed E-state index contributed by atoms with van der Waals surface area (Å²) < 4.78 is 59.7. The van der Waals surface area contributed by atoms with Crippen LogP contribution in [-0.2, 0) is 15.7 Å². The van der Waals surface area contributed by atoms with Crippen LogP contribution in [0.5, 0.6) is 11.5 Å². The van der Waals surface area contributed by atoms with E-state index >= 15 is 0 Å². The van der Waals surface area contributed by atoms with Crippen molar-refractivity contribution in [1.29, 1.82) is 0 Å². The van der Waals surface area contributed by atoms with Gasteiger partial charge in [0.2, 0.25) is 0 Å². The lowest BCUT2D eigenvalue weighted by Crippen LogP contribution is -2.60. The molecule has 2 atom stereocenters. The molecular formula is C36H33F3O5. The molecule has 44 heavy (non-hydrogen) atoms. The Labute approximate surface area is 254 Å². The van der Waals surface area contributed by atoms with Gasteiger partial charge in [-0.2, -0.15) is 13.2 Å². The minimum absolute atomic E-state index is 0.0588. The first-order valence-electron chi connectivity index (χ1n) is 14.8. The van der Waals surface area contributed by atoms with Crippen LogP contribution in [0.3, 0.4) is 0 Å². The van der Waals surface area contributed by atoms with Gasteiger partial charge < -0.3 is 14.2 Å². The van der Waals surface area contributed by atoms with Crippen LogP contribution in [0.15, 0.2) is 78.9 Å². The van der Waals surface area contributed by atoms with E-state index in [1.165, 1.54) is 0 Å². The van der Waals surface area contributed by atoms with E-state index < -0.39 is 40.1 Å². The van der Waals surface area contributed by atoms with E-state index in [1.807, 2.05) is 24.3 Å². The zero-order chi connectivity index (χ0) is 31.2. The van der Waals surface area contributed by atoms with E-state index in [9.17, 15) is 22.8 Å². The van der Waals surface area contributed by atoms with E-state index in [-0.39, 0.29) is 23.4 Å². The Kier molecular flexibility index (Phi) is 7.47. The lowest BCUT2D eigenvalue weighted by molar-refractivity contribution is -0.189. The molecule has 0 heterocycles. The molecule has 0 aliphatic heterocycles. The average molecular weight is 603 g/mol. The minimum Gasteiger partial charge on any atom is -0.475 e. The molecule has 4 aliphatic carbocycles. The van der Waals surface area contributed by atoms with Crippen molar-refractivity contribution in [3.05, 3.63) is 95.6 Å². The topological polar surface area (TPSA) is 61.8 Å². The summed E-state index contributed by atoms with van der Waals surface area (Å²) in [5.41, 5.74) is -3.34. The van der Waals surface area contributed by atoms with Crippen molar-refractivity contribution in [1.82, 2.24) is 0 Å². The normalized spacial score (nSPS) is 25.5. The highest BCUT2D eigenvalue weighted by Gasteiger charge is 2.63. The third-order valence-corrected chi connectivity index (χ3v) is 8.87. The van der Waals surface area contributed by atoms with E-state index in [2.05, 4.69) is 11.8 Å². The number of para-hydroxylation sites is 1. The molecule has 5 nitrogen and oxygen atoms in total. The molecule has 0 aromatic heterocycles. The van der Waals surface area contributed by atoms with Crippen molar-refractivity contribution in [2.75, 3.05) is 0 Å². The largest absolute Gasteiger partial charge is 0.475 e. The first-order valence-corrected chi connectivity index (χ1v) is 14.8. The predicted octanol–water partition coefficient (Wildman–Crippen LogP) is 8.02. The number of hydrogen-bond donors (Lipinski definition) is 0. The maximum atomic E-state index is 14.0. The SMILES string of the molecule is CC(C)(C#Cc1ccccc1)Oc1cc(C(=O)OC23CC4CC(C2)CC(C(=O)Oc2ccccc2)(C4)C3)ccc1C(F)(F)F. The Balaban J connectivity index is 1.24. The van der Waals surface area contributed by atoms with Crippen molar-refractivity contribution < 1.29 is 37.0 Å². The number of hydrogen-bond acceptors (Lipinski definition) is 5. The van der Waals surface area contributed by atoms with E-state index in [0.29, 0.717) is 43.4 Å². The minimum atomic E-state index is -4.72. The summed E-state index contributed by atoms with van der Waals surface area (Å²) in [7, 11) is 0. The number of carbonyl (C=O) groups is 2. The number of ether oxygens (including phenoxy) is 3. The second-order valence-corrected chi connectivity index (χ2v) is 13.0. The number of alkyl halides is 3. The molecule has 0 amide bonds. The Morgan fingerprint density at radius 3 is 2.14 bits per heavy atom.